The van der Waals surface area contributed by atoms with E-state index in [-0.39, 0.29) is 5.82 Å². The molecule has 0 fully saturated rings. The van der Waals surface area contributed by atoms with Gasteiger partial charge in [0, 0.05) is 17.7 Å². The van der Waals surface area contributed by atoms with Gasteiger partial charge in [-0.3, -0.25) is 9.69 Å². The van der Waals surface area contributed by atoms with E-state index in [4.69, 9.17) is 0 Å². The maximum atomic E-state index is 13.4. The molecule has 1 rings (SSSR count). The van der Waals surface area contributed by atoms with Crippen LogP contribution in [0.3, 0.4) is 0 Å². The van der Waals surface area contributed by atoms with Crippen molar-refractivity contribution in [1.82, 2.24) is 4.90 Å². The first-order valence-electron chi connectivity index (χ1n) is 5.17. The van der Waals surface area contributed by atoms with Crippen molar-refractivity contribution in [2.45, 2.75) is 20.4 Å². The topological polar surface area (TPSA) is 20.3 Å². The third-order valence-corrected chi connectivity index (χ3v) is 2.49. The molecule has 15 heavy (non-hydrogen) atoms. The zero-order valence-electron chi connectivity index (χ0n) is 9.16. The van der Waals surface area contributed by atoms with Crippen LogP contribution in [0.15, 0.2) is 18.2 Å². The number of hydrogen-bond acceptors (Lipinski definition) is 2. The summed E-state index contributed by atoms with van der Waals surface area (Å²) in [4.78, 5) is 12.7. The first kappa shape index (κ1) is 11.9. The van der Waals surface area contributed by atoms with Crippen molar-refractivity contribution in [3.63, 3.8) is 0 Å². The minimum atomic E-state index is -0.243. The summed E-state index contributed by atoms with van der Waals surface area (Å²) < 4.78 is 13.4. The number of carbonyl (C=O) groups excluding carboxylic acids is 1. The third-order valence-electron chi connectivity index (χ3n) is 2.49. The maximum absolute atomic E-state index is 13.4. The molecule has 0 aliphatic carbocycles. The van der Waals surface area contributed by atoms with E-state index in [1.165, 1.54) is 12.1 Å². The molecule has 0 N–H and O–H groups in total. The number of hydrogen-bond donors (Lipinski definition) is 0. The van der Waals surface area contributed by atoms with Crippen LogP contribution in [-0.4, -0.2) is 24.3 Å². The highest BCUT2D eigenvalue weighted by Gasteiger charge is 2.07. The summed E-state index contributed by atoms with van der Waals surface area (Å²) in [5, 5.41) is 0. The SMILES string of the molecule is CCN(CC)Cc1cc(C=O)ccc1F. The minimum absolute atomic E-state index is 0.243. The molecule has 0 radical (unpaired) electrons. The second-order valence-corrected chi connectivity index (χ2v) is 3.43. The minimum Gasteiger partial charge on any atom is -0.300 e. The highest BCUT2D eigenvalue weighted by atomic mass is 19.1. The summed E-state index contributed by atoms with van der Waals surface area (Å²) in [5.74, 6) is -0.243. The average Bonchev–Trinajstić information content (AvgIpc) is 2.28. The summed E-state index contributed by atoms with van der Waals surface area (Å²) in [6, 6.07) is 4.46. The molecule has 0 saturated heterocycles. The van der Waals surface area contributed by atoms with Crippen LogP contribution >= 0.6 is 0 Å². The fourth-order valence-electron chi connectivity index (χ4n) is 1.48. The number of benzene rings is 1. The van der Waals surface area contributed by atoms with Crippen molar-refractivity contribution in [1.29, 1.82) is 0 Å². The van der Waals surface area contributed by atoms with Crippen LogP contribution in [0.1, 0.15) is 29.8 Å². The Morgan fingerprint density at radius 2 is 2.00 bits per heavy atom. The summed E-state index contributed by atoms with van der Waals surface area (Å²) in [6.07, 6.45) is 0.741. The van der Waals surface area contributed by atoms with E-state index in [0.29, 0.717) is 17.7 Å². The highest BCUT2D eigenvalue weighted by Crippen LogP contribution is 2.12. The predicted octanol–water partition coefficient (Wildman–Crippen LogP) is 2.48. The lowest BCUT2D eigenvalue weighted by atomic mass is 10.1. The van der Waals surface area contributed by atoms with Crippen molar-refractivity contribution in [3.8, 4) is 0 Å². The van der Waals surface area contributed by atoms with Gasteiger partial charge < -0.3 is 0 Å². The zero-order valence-corrected chi connectivity index (χ0v) is 9.16. The second kappa shape index (κ2) is 5.61. The highest BCUT2D eigenvalue weighted by molar-refractivity contribution is 5.74. The van der Waals surface area contributed by atoms with E-state index in [2.05, 4.69) is 4.90 Å². The molecule has 1 aromatic rings. The molecule has 0 bridgehead atoms. The Morgan fingerprint density at radius 3 is 2.53 bits per heavy atom. The molecule has 82 valence electrons. The monoisotopic (exact) mass is 209 g/mol. The van der Waals surface area contributed by atoms with Gasteiger partial charge in [-0.15, -0.1) is 0 Å². The molecular weight excluding hydrogens is 193 g/mol. The van der Waals surface area contributed by atoms with Gasteiger partial charge in [0.25, 0.3) is 0 Å². The summed E-state index contributed by atoms with van der Waals surface area (Å²) >= 11 is 0. The second-order valence-electron chi connectivity index (χ2n) is 3.43. The molecule has 0 amide bonds. The van der Waals surface area contributed by atoms with Crippen molar-refractivity contribution in [2.75, 3.05) is 13.1 Å². The molecule has 1 aromatic carbocycles. The Hall–Kier alpha value is -1.22. The molecule has 0 aromatic heterocycles. The smallest absolute Gasteiger partial charge is 0.150 e. The summed E-state index contributed by atoms with van der Waals surface area (Å²) in [7, 11) is 0. The molecule has 0 unspecified atom stereocenters. The summed E-state index contributed by atoms with van der Waals surface area (Å²) in [6.45, 7) is 6.37. The van der Waals surface area contributed by atoms with E-state index < -0.39 is 0 Å². The fourth-order valence-corrected chi connectivity index (χ4v) is 1.48. The fraction of sp³-hybridized carbons (Fsp3) is 0.417. The van der Waals surface area contributed by atoms with Crippen molar-refractivity contribution in [2.24, 2.45) is 0 Å². The molecule has 0 aliphatic rings. The Balaban J connectivity index is 2.87. The van der Waals surface area contributed by atoms with Gasteiger partial charge in [0.15, 0.2) is 0 Å². The van der Waals surface area contributed by atoms with Crippen molar-refractivity contribution < 1.29 is 9.18 Å². The predicted molar refractivity (Wildman–Crippen MR) is 58.4 cm³/mol. The number of aldehydes is 1. The van der Waals surface area contributed by atoms with Gasteiger partial charge in [-0.2, -0.15) is 0 Å². The number of carbonyl (C=O) groups is 1. The molecule has 0 spiro atoms. The van der Waals surface area contributed by atoms with E-state index in [9.17, 15) is 9.18 Å². The largest absolute Gasteiger partial charge is 0.300 e. The van der Waals surface area contributed by atoms with Gasteiger partial charge in [-0.25, -0.2) is 4.39 Å². The van der Waals surface area contributed by atoms with Crippen LogP contribution in [0.25, 0.3) is 0 Å². The number of nitrogens with zero attached hydrogens (tertiary/aromatic N) is 1. The lowest BCUT2D eigenvalue weighted by Crippen LogP contribution is -2.22. The van der Waals surface area contributed by atoms with Gasteiger partial charge >= 0.3 is 0 Å². The first-order valence-corrected chi connectivity index (χ1v) is 5.17. The van der Waals surface area contributed by atoms with Gasteiger partial charge in [0.05, 0.1) is 0 Å². The molecule has 0 heterocycles. The first-order chi connectivity index (χ1) is 7.21. The van der Waals surface area contributed by atoms with E-state index in [0.717, 1.165) is 19.4 Å². The molecule has 3 heteroatoms. The van der Waals surface area contributed by atoms with Crippen LogP contribution in [0.5, 0.6) is 0 Å². The average molecular weight is 209 g/mol. The van der Waals surface area contributed by atoms with Crippen LogP contribution in [0, 0.1) is 5.82 Å². The molecule has 2 nitrogen and oxygen atoms in total. The third kappa shape index (κ3) is 3.13. The zero-order chi connectivity index (χ0) is 11.3. The van der Waals surface area contributed by atoms with Crippen LogP contribution in [-0.2, 0) is 6.54 Å². The van der Waals surface area contributed by atoms with Crippen LogP contribution < -0.4 is 0 Å². The molecule has 0 saturated carbocycles. The van der Waals surface area contributed by atoms with Gasteiger partial charge in [-0.05, 0) is 31.3 Å². The lowest BCUT2D eigenvalue weighted by molar-refractivity contribution is 0.112. The molecule has 0 aliphatic heterocycles. The Bertz CT molecular complexity index is 334. The molecular formula is C12H16FNO. The quantitative estimate of drug-likeness (QED) is 0.694. The van der Waals surface area contributed by atoms with E-state index in [1.807, 2.05) is 13.8 Å². The standard InChI is InChI=1S/C12H16FNO/c1-3-14(4-2)8-11-7-10(9-15)5-6-12(11)13/h5-7,9H,3-4,8H2,1-2H3. The summed E-state index contributed by atoms with van der Waals surface area (Å²) in [5.41, 5.74) is 1.11. The van der Waals surface area contributed by atoms with Crippen LogP contribution in [0.2, 0.25) is 0 Å². The Labute approximate surface area is 89.7 Å². The Morgan fingerprint density at radius 1 is 1.33 bits per heavy atom. The number of rotatable bonds is 5. The van der Waals surface area contributed by atoms with E-state index >= 15 is 0 Å². The maximum Gasteiger partial charge on any atom is 0.150 e. The van der Waals surface area contributed by atoms with Crippen molar-refractivity contribution >= 4 is 6.29 Å². The Kier molecular flexibility index (Phi) is 4.43. The van der Waals surface area contributed by atoms with Gasteiger partial charge in [0.1, 0.15) is 12.1 Å². The van der Waals surface area contributed by atoms with Crippen molar-refractivity contribution in [3.05, 3.63) is 35.1 Å². The number of halogens is 1. The van der Waals surface area contributed by atoms with Gasteiger partial charge in [0.2, 0.25) is 0 Å². The lowest BCUT2D eigenvalue weighted by Gasteiger charge is -2.18. The van der Waals surface area contributed by atoms with Crippen LogP contribution in [0.4, 0.5) is 4.39 Å². The normalized spacial score (nSPS) is 10.7. The molecule has 0 atom stereocenters. The van der Waals surface area contributed by atoms with Gasteiger partial charge in [-0.1, -0.05) is 13.8 Å². The van der Waals surface area contributed by atoms with E-state index in [1.54, 1.807) is 6.07 Å².